The molecule has 0 spiro atoms. The van der Waals surface area contributed by atoms with E-state index in [4.69, 9.17) is 5.73 Å². The van der Waals surface area contributed by atoms with E-state index in [0.29, 0.717) is 5.56 Å². The number of rotatable bonds is 2. The summed E-state index contributed by atoms with van der Waals surface area (Å²) in [5.74, 6) is -0.909. The molecular weight excluding hydrogens is 204 g/mol. The van der Waals surface area contributed by atoms with E-state index in [1.54, 1.807) is 18.2 Å². The van der Waals surface area contributed by atoms with Crippen molar-refractivity contribution < 1.29 is 9.59 Å². The van der Waals surface area contributed by atoms with Crippen LogP contribution < -0.4 is 11.1 Å². The molecule has 0 saturated heterocycles. The lowest BCUT2D eigenvalue weighted by molar-refractivity contribution is 0.0943. The first-order valence-corrected chi connectivity index (χ1v) is 3.77. The maximum absolute atomic E-state index is 11.2. The quantitative estimate of drug-likeness (QED) is 0.756. The van der Waals surface area contributed by atoms with Gasteiger partial charge in [0.1, 0.15) is 0 Å². The standard InChI is InChI=1S/C9H10N2O2.ClH/c1-11-9(13)7-5-3-2-4-6(7)8(10)12;/h2-5H,1H3,(H2,10,12)(H,11,13);1H. The molecule has 3 N–H and O–H groups in total. The number of carbonyl (C=O) groups excluding carboxylic acids is 2. The summed E-state index contributed by atoms with van der Waals surface area (Å²) < 4.78 is 0. The van der Waals surface area contributed by atoms with E-state index in [-0.39, 0.29) is 23.9 Å². The highest BCUT2D eigenvalue weighted by molar-refractivity contribution is 6.06. The Labute approximate surface area is 87.9 Å². The molecule has 0 aliphatic rings. The molecule has 0 saturated carbocycles. The van der Waals surface area contributed by atoms with Gasteiger partial charge in [-0.3, -0.25) is 9.59 Å². The highest BCUT2D eigenvalue weighted by Crippen LogP contribution is 2.07. The summed E-state index contributed by atoms with van der Waals surface area (Å²) >= 11 is 0. The zero-order chi connectivity index (χ0) is 9.84. The highest BCUT2D eigenvalue weighted by Gasteiger charge is 2.12. The first-order valence-electron chi connectivity index (χ1n) is 3.77. The van der Waals surface area contributed by atoms with E-state index in [2.05, 4.69) is 5.32 Å². The molecule has 76 valence electrons. The smallest absolute Gasteiger partial charge is 0.251 e. The van der Waals surface area contributed by atoms with Crippen molar-refractivity contribution in [2.24, 2.45) is 5.73 Å². The third-order valence-electron chi connectivity index (χ3n) is 1.66. The fraction of sp³-hybridized carbons (Fsp3) is 0.111. The van der Waals surface area contributed by atoms with Crippen molar-refractivity contribution in [3.05, 3.63) is 35.4 Å². The third kappa shape index (κ3) is 2.47. The van der Waals surface area contributed by atoms with Gasteiger partial charge in [0, 0.05) is 7.05 Å². The number of hydrogen-bond acceptors (Lipinski definition) is 2. The molecule has 0 atom stereocenters. The number of amides is 2. The van der Waals surface area contributed by atoms with Gasteiger partial charge in [-0.15, -0.1) is 12.4 Å². The van der Waals surface area contributed by atoms with Gasteiger partial charge in [-0.2, -0.15) is 0 Å². The number of carbonyl (C=O) groups is 2. The number of halogens is 1. The molecule has 0 heterocycles. The van der Waals surface area contributed by atoms with Crippen LogP contribution in [0, 0.1) is 0 Å². The molecule has 5 heteroatoms. The number of primary amides is 1. The molecule has 0 aliphatic carbocycles. The van der Waals surface area contributed by atoms with Crippen LogP contribution in [0.1, 0.15) is 20.7 Å². The Balaban J connectivity index is 0.00000169. The van der Waals surface area contributed by atoms with Gasteiger partial charge in [-0.25, -0.2) is 0 Å². The van der Waals surface area contributed by atoms with Crippen LogP contribution in [0.2, 0.25) is 0 Å². The summed E-state index contributed by atoms with van der Waals surface area (Å²) in [7, 11) is 1.50. The summed E-state index contributed by atoms with van der Waals surface area (Å²) in [4.78, 5) is 22.1. The van der Waals surface area contributed by atoms with Crippen LogP contribution in [0.15, 0.2) is 24.3 Å². The maximum atomic E-state index is 11.2. The van der Waals surface area contributed by atoms with Crippen molar-refractivity contribution >= 4 is 24.2 Å². The van der Waals surface area contributed by atoms with E-state index >= 15 is 0 Å². The van der Waals surface area contributed by atoms with E-state index in [1.165, 1.54) is 13.1 Å². The summed E-state index contributed by atoms with van der Waals surface area (Å²) in [6, 6.07) is 6.41. The molecule has 0 bridgehead atoms. The number of hydrogen-bond donors (Lipinski definition) is 2. The second-order valence-electron chi connectivity index (χ2n) is 2.49. The Hall–Kier alpha value is -1.55. The Morgan fingerprint density at radius 3 is 2.14 bits per heavy atom. The average molecular weight is 215 g/mol. The van der Waals surface area contributed by atoms with Gasteiger partial charge >= 0.3 is 0 Å². The Kier molecular flexibility index (Phi) is 4.66. The van der Waals surface area contributed by atoms with Crippen molar-refractivity contribution in [1.29, 1.82) is 0 Å². The minimum absolute atomic E-state index is 0. The molecule has 0 aromatic heterocycles. The minimum Gasteiger partial charge on any atom is -0.366 e. The van der Waals surface area contributed by atoms with Gasteiger partial charge in [0.15, 0.2) is 0 Å². The summed E-state index contributed by atoms with van der Waals surface area (Å²) in [6.45, 7) is 0. The number of benzene rings is 1. The first-order chi connectivity index (χ1) is 6.16. The minimum atomic E-state index is -0.598. The molecule has 14 heavy (non-hydrogen) atoms. The predicted octanol–water partition coefficient (Wildman–Crippen LogP) is 0.567. The summed E-state index contributed by atoms with van der Waals surface area (Å²) in [6.07, 6.45) is 0. The molecule has 1 rings (SSSR count). The van der Waals surface area contributed by atoms with E-state index in [0.717, 1.165) is 0 Å². The normalized spacial score (nSPS) is 8.64. The molecule has 4 nitrogen and oxygen atoms in total. The third-order valence-corrected chi connectivity index (χ3v) is 1.66. The zero-order valence-electron chi connectivity index (χ0n) is 7.61. The van der Waals surface area contributed by atoms with Crippen LogP contribution >= 0.6 is 12.4 Å². The van der Waals surface area contributed by atoms with Crippen molar-refractivity contribution in [2.45, 2.75) is 0 Å². The Bertz CT molecular complexity index is 352. The second kappa shape index (κ2) is 5.24. The molecule has 0 aliphatic heterocycles. The van der Waals surface area contributed by atoms with Crippen molar-refractivity contribution in [2.75, 3.05) is 7.05 Å². The van der Waals surface area contributed by atoms with Gasteiger partial charge < -0.3 is 11.1 Å². The van der Waals surface area contributed by atoms with Gasteiger partial charge in [-0.05, 0) is 12.1 Å². The Morgan fingerprint density at radius 2 is 1.71 bits per heavy atom. The number of nitrogens with one attached hydrogen (secondary N) is 1. The van der Waals surface area contributed by atoms with Crippen LogP contribution in [0.25, 0.3) is 0 Å². The average Bonchev–Trinajstić information content (AvgIpc) is 2.16. The van der Waals surface area contributed by atoms with Crippen LogP contribution in [0.3, 0.4) is 0 Å². The van der Waals surface area contributed by atoms with Crippen LogP contribution in [-0.2, 0) is 0 Å². The predicted molar refractivity (Wildman–Crippen MR) is 55.6 cm³/mol. The SMILES string of the molecule is CNC(=O)c1ccccc1C(N)=O.Cl. The molecular formula is C9H11ClN2O2. The topological polar surface area (TPSA) is 72.2 Å². The molecule has 1 aromatic carbocycles. The first kappa shape index (κ1) is 12.4. The van der Waals surface area contributed by atoms with Crippen molar-refractivity contribution in [3.63, 3.8) is 0 Å². The van der Waals surface area contributed by atoms with Crippen LogP contribution in [0.4, 0.5) is 0 Å². The highest BCUT2D eigenvalue weighted by atomic mass is 35.5. The molecule has 2 amide bonds. The summed E-state index contributed by atoms with van der Waals surface area (Å²) in [5, 5.41) is 2.43. The van der Waals surface area contributed by atoms with Crippen molar-refractivity contribution in [3.8, 4) is 0 Å². The molecule has 0 radical (unpaired) electrons. The lowest BCUT2D eigenvalue weighted by Crippen LogP contribution is -2.23. The zero-order valence-corrected chi connectivity index (χ0v) is 8.43. The summed E-state index contributed by atoms with van der Waals surface area (Å²) in [5.41, 5.74) is 5.63. The molecule has 0 unspecified atom stereocenters. The fourth-order valence-electron chi connectivity index (χ4n) is 1.03. The Morgan fingerprint density at radius 1 is 1.21 bits per heavy atom. The second-order valence-corrected chi connectivity index (χ2v) is 2.49. The van der Waals surface area contributed by atoms with Gasteiger partial charge in [0.2, 0.25) is 5.91 Å². The maximum Gasteiger partial charge on any atom is 0.251 e. The lowest BCUT2D eigenvalue weighted by Gasteiger charge is -2.03. The largest absolute Gasteiger partial charge is 0.366 e. The van der Waals surface area contributed by atoms with Crippen LogP contribution in [-0.4, -0.2) is 18.9 Å². The van der Waals surface area contributed by atoms with E-state index in [1.807, 2.05) is 0 Å². The molecule has 1 aromatic rings. The van der Waals surface area contributed by atoms with Gasteiger partial charge in [-0.1, -0.05) is 12.1 Å². The monoisotopic (exact) mass is 214 g/mol. The van der Waals surface area contributed by atoms with Crippen molar-refractivity contribution in [1.82, 2.24) is 5.32 Å². The van der Waals surface area contributed by atoms with Gasteiger partial charge in [0.25, 0.3) is 5.91 Å². The fourth-order valence-corrected chi connectivity index (χ4v) is 1.03. The lowest BCUT2D eigenvalue weighted by atomic mass is 10.1. The molecule has 0 fully saturated rings. The number of nitrogens with two attached hydrogens (primary N) is 1. The van der Waals surface area contributed by atoms with Crippen LogP contribution in [0.5, 0.6) is 0 Å². The van der Waals surface area contributed by atoms with E-state index < -0.39 is 5.91 Å². The van der Waals surface area contributed by atoms with Gasteiger partial charge in [0.05, 0.1) is 11.1 Å². The van der Waals surface area contributed by atoms with E-state index in [9.17, 15) is 9.59 Å².